The Balaban J connectivity index is 1.78. The van der Waals surface area contributed by atoms with Crippen molar-refractivity contribution < 1.29 is 9.84 Å². The molecule has 1 aliphatic heterocycles. The summed E-state index contributed by atoms with van der Waals surface area (Å²) in [7, 11) is 1.78. The standard InChI is InChI=1S/C15H22ClNO2/c1-19-12-6-9-17(10-7-12)11-8-15(18)13-4-2-3-5-14(13)16/h2-5,12,15,18H,6-11H2,1H3. The number of ether oxygens (including phenoxy) is 1. The van der Waals surface area contributed by atoms with Gasteiger partial charge < -0.3 is 14.7 Å². The number of hydrogen-bond acceptors (Lipinski definition) is 3. The monoisotopic (exact) mass is 283 g/mol. The van der Waals surface area contributed by atoms with Crippen LogP contribution in [-0.2, 0) is 4.74 Å². The fraction of sp³-hybridized carbons (Fsp3) is 0.600. The van der Waals surface area contributed by atoms with Gasteiger partial charge in [-0.15, -0.1) is 0 Å². The summed E-state index contributed by atoms with van der Waals surface area (Å²) in [5, 5.41) is 10.8. The fourth-order valence-corrected chi connectivity index (χ4v) is 2.84. The highest BCUT2D eigenvalue weighted by atomic mass is 35.5. The van der Waals surface area contributed by atoms with E-state index in [1.54, 1.807) is 7.11 Å². The number of methoxy groups -OCH3 is 1. The normalized spacial score (nSPS) is 19.5. The Morgan fingerprint density at radius 1 is 1.37 bits per heavy atom. The summed E-state index contributed by atoms with van der Waals surface area (Å²) in [5.74, 6) is 0. The molecule has 1 aromatic rings. The van der Waals surface area contributed by atoms with E-state index in [1.165, 1.54) is 0 Å². The Labute approximate surface area is 120 Å². The maximum Gasteiger partial charge on any atom is 0.0816 e. The van der Waals surface area contributed by atoms with E-state index in [9.17, 15) is 5.11 Å². The summed E-state index contributed by atoms with van der Waals surface area (Å²) in [5.41, 5.74) is 0.830. The van der Waals surface area contributed by atoms with Gasteiger partial charge in [0.2, 0.25) is 0 Å². The molecule has 0 amide bonds. The smallest absolute Gasteiger partial charge is 0.0816 e. The van der Waals surface area contributed by atoms with Gasteiger partial charge in [-0.1, -0.05) is 29.8 Å². The molecular weight excluding hydrogens is 262 g/mol. The lowest BCUT2D eigenvalue weighted by atomic mass is 10.0. The molecule has 1 saturated heterocycles. The summed E-state index contributed by atoms with van der Waals surface area (Å²) < 4.78 is 5.36. The van der Waals surface area contributed by atoms with Crippen molar-refractivity contribution in [2.45, 2.75) is 31.5 Å². The predicted molar refractivity (Wildman–Crippen MR) is 77.5 cm³/mol. The van der Waals surface area contributed by atoms with E-state index < -0.39 is 6.10 Å². The van der Waals surface area contributed by atoms with Crippen molar-refractivity contribution in [1.82, 2.24) is 4.90 Å². The lowest BCUT2D eigenvalue weighted by Crippen LogP contribution is -2.37. The molecule has 1 fully saturated rings. The molecule has 2 rings (SSSR count). The van der Waals surface area contributed by atoms with Crippen molar-refractivity contribution in [1.29, 1.82) is 0 Å². The van der Waals surface area contributed by atoms with Crippen LogP contribution in [-0.4, -0.2) is 42.9 Å². The Hall–Kier alpha value is -0.610. The summed E-state index contributed by atoms with van der Waals surface area (Å²) in [6.07, 6.45) is 2.82. The van der Waals surface area contributed by atoms with Gasteiger partial charge in [-0.05, 0) is 30.9 Å². The topological polar surface area (TPSA) is 32.7 Å². The van der Waals surface area contributed by atoms with Gasteiger partial charge in [-0.2, -0.15) is 0 Å². The van der Waals surface area contributed by atoms with Crippen LogP contribution in [0.1, 0.15) is 30.9 Å². The van der Waals surface area contributed by atoms with Gasteiger partial charge in [-0.25, -0.2) is 0 Å². The zero-order valence-electron chi connectivity index (χ0n) is 11.4. The number of halogens is 1. The average Bonchev–Trinajstić information content (AvgIpc) is 2.46. The lowest BCUT2D eigenvalue weighted by molar-refractivity contribution is 0.0361. The second-order valence-electron chi connectivity index (χ2n) is 5.10. The maximum atomic E-state index is 10.2. The Kier molecular flexibility index (Phi) is 5.64. The first kappa shape index (κ1) is 14.8. The Morgan fingerprint density at radius 2 is 2.05 bits per heavy atom. The van der Waals surface area contributed by atoms with Crippen LogP contribution in [0.5, 0.6) is 0 Å². The van der Waals surface area contributed by atoms with Crippen molar-refractivity contribution in [3.05, 3.63) is 34.9 Å². The number of rotatable bonds is 5. The maximum absolute atomic E-state index is 10.2. The van der Waals surface area contributed by atoms with E-state index >= 15 is 0 Å². The molecule has 0 bridgehead atoms. The van der Waals surface area contributed by atoms with Gasteiger partial charge in [0.25, 0.3) is 0 Å². The third-order valence-electron chi connectivity index (χ3n) is 3.85. The first-order chi connectivity index (χ1) is 9.20. The third-order valence-corrected chi connectivity index (χ3v) is 4.20. The second kappa shape index (κ2) is 7.25. The molecule has 1 unspecified atom stereocenters. The van der Waals surface area contributed by atoms with Crippen LogP contribution < -0.4 is 0 Å². The van der Waals surface area contributed by atoms with E-state index in [-0.39, 0.29) is 0 Å². The molecule has 1 atom stereocenters. The molecular formula is C15H22ClNO2. The zero-order chi connectivity index (χ0) is 13.7. The molecule has 0 spiro atoms. The van der Waals surface area contributed by atoms with Crippen molar-refractivity contribution >= 4 is 11.6 Å². The van der Waals surface area contributed by atoms with Crippen molar-refractivity contribution in [2.75, 3.05) is 26.7 Å². The SMILES string of the molecule is COC1CCN(CCC(O)c2ccccc2Cl)CC1. The zero-order valence-corrected chi connectivity index (χ0v) is 12.1. The lowest BCUT2D eigenvalue weighted by Gasteiger charge is -2.31. The van der Waals surface area contributed by atoms with E-state index in [1.807, 2.05) is 24.3 Å². The molecule has 4 heteroatoms. The summed E-state index contributed by atoms with van der Waals surface area (Å²) in [6.45, 7) is 3.00. The highest BCUT2D eigenvalue weighted by molar-refractivity contribution is 6.31. The number of piperidine rings is 1. The molecule has 1 heterocycles. The van der Waals surface area contributed by atoms with Gasteiger partial charge in [0.1, 0.15) is 0 Å². The fourth-order valence-electron chi connectivity index (χ4n) is 2.57. The quantitative estimate of drug-likeness (QED) is 0.902. The van der Waals surface area contributed by atoms with E-state index in [2.05, 4.69) is 4.90 Å². The van der Waals surface area contributed by atoms with Crippen LogP contribution in [0.3, 0.4) is 0 Å². The molecule has 0 aromatic heterocycles. The summed E-state index contributed by atoms with van der Waals surface area (Å²) in [4.78, 5) is 2.38. The number of benzene rings is 1. The predicted octanol–water partition coefficient (Wildman–Crippen LogP) is 2.87. The minimum absolute atomic E-state index is 0.407. The van der Waals surface area contributed by atoms with Crippen LogP contribution in [0.15, 0.2) is 24.3 Å². The van der Waals surface area contributed by atoms with Gasteiger partial charge in [0.05, 0.1) is 12.2 Å². The Morgan fingerprint density at radius 3 is 2.68 bits per heavy atom. The summed E-state index contributed by atoms with van der Waals surface area (Å²) >= 11 is 6.09. The molecule has 1 aromatic carbocycles. The van der Waals surface area contributed by atoms with E-state index in [4.69, 9.17) is 16.3 Å². The molecule has 1 aliphatic rings. The minimum Gasteiger partial charge on any atom is -0.388 e. The van der Waals surface area contributed by atoms with Gasteiger partial charge >= 0.3 is 0 Å². The number of likely N-dealkylation sites (tertiary alicyclic amines) is 1. The molecule has 0 radical (unpaired) electrons. The average molecular weight is 284 g/mol. The number of aliphatic hydroxyl groups excluding tert-OH is 1. The summed E-state index contributed by atoms with van der Waals surface area (Å²) in [6, 6.07) is 7.51. The number of aliphatic hydroxyl groups is 1. The Bertz CT molecular complexity index is 391. The van der Waals surface area contributed by atoms with Crippen LogP contribution in [0.25, 0.3) is 0 Å². The van der Waals surface area contributed by atoms with Crippen LogP contribution >= 0.6 is 11.6 Å². The number of hydrogen-bond donors (Lipinski definition) is 1. The molecule has 1 N–H and O–H groups in total. The van der Waals surface area contributed by atoms with E-state index in [0.717, 1.165) is 44.5 Å². The van der Waals surface area contributed by atoms with Crippen molar-refractivity contribution in [3.8, 4) is 0 Å². The van der Waals surface area contributed by atoms with Crippen LogP contribution in [0.2, 0.25) is 5.02 Å². The number of nitrogens with zero attached hydrogens (tertiary/aromatic N) is 1. The molecule has 0 aliphatic carbocycles. The largest absolute Gasteiger partial charge is 0.388 e. The van der Waals surface area contributed by atoms with Gasteiger partial charge in [0.15, 0.2) is 0 Å². The highest BCUT2D eigenvalue weighted by Gasteiger charge is 2.19. The first-order valence-electron chi connectivity index (χ1n) is 6.88. The molecule has 19 heavy (non-hydrogen) atoms. The third kappa shape index (κ3) is 4.18. The van der Waals surface area contributed by atoms with Gasteiger partial charge in [-0.3, -0.25) is 0 Å². The minimum atomic E-state index is -0.478. The van der Waals surface area contributed by atoms with Crippen LogP contribution in [0.4, 0.5) is 0 Å². The first-order valence-corrected chi connectivity index (χ1v) is 7.26. The van der Waals surface area contributed by atoms with Crippen LogP contribution in [0, 0.1) is 0 Å². The highest BCUT2D eigenvalue weighted by Crippen LogP contribution is 2.25. The molecule has 106 valence electrons. The van der Waals surface area contributed by atoms with Gasteiger partial charge in [0, 0.05) is 31.8 Å². The van der Waals surface area contributed by atoms with E-state index in [0.29, 0.717) is 11.1 Å². The van der Waals surface area contributed by atoms with Crippen molar-refractivity contribution in [3.63, 3.8) is 0 Å². The molecule has 3 nitrogen and oxygen atoms in total. The molecule has 0 saturated carbocycles. The van der Waals surface area contributed by atoms with Crippen molar-refractivity contribution in [2.24, 2.45) is 0 Å². The second-order valence-corrected chi connectivity index (χ2v) is 5.51.